The fourth-order valence-corrected chi connectivity index (χ4v) is 5.76. The molecule has 0 bridgehead atoms. The van der Waals surface area contributed by atoms with E-state index in [0.29, 0.717) is 30.5 Å². The highest BCUT2D eigenvalue weighted by Crippen LogP contribution is 2.44. The molecule has 0 spiro atoms. The standard InChI is InChI=1S/C32H35NO6S/c1-18(2)10-12-36-28-19(3)20(4)29-25(21(28)5)9-11-32(6,39-29)17-38-24-7-8-26-23(15-24)13-22(16-37-26)14-27-30(34)33-31(35)40-27/h7-8,10,13-15H,9,11-12,16-17H2,1-6H3,(H,33,34,35)/b27-14-. The molecule has 8 heteroatoms. The fourth-order valence-electron chi connectivity index (χ4n) is 5.06. The summed E-state index contributed by atoms with van der Waals surface area (Å²) in [6, 6.07) is 5.71. The molecule has 2 aromatic rings. The Bertz CT molecular complexity index is 1480. The lowest BCUT2D eigenvalue weighted by Crippen LogP contribution is -2.42. The number of thioether (sulfide) groups is 1. The zero-order valence-corrected chi connectivity index (χ0v) is 24.7. The molecule has 40 heavy (non-hydrogen) atoms. The number of allylic oxidation sites excluding steroid dienone is 1. The number of rotatable bonds is 7. The molecule has 2 amide bonds. The topological polar surface area (TPSA) is 83.1 Å². The van der Waals surface area contributed by atoms with Gasteiger partial charge in [-0.25, -0.2) is 0 Å². The van der Waals surface area contributed by atoms with E-state index in [1.54, 1.807) is 6.08 Å². The fraction of sp³-hybridized carbons (Fsp3) is 0.375. The van der Waals surface area contributed by atoms with Crippen LogP contribution in [0.5, 0.6) is 23.0 Å². The number of carbonyl (C=O) groups is 2. The van der Waals surface area contributed by atoms with Gasteiger partial charge >= 0.3 is 0 Å². The first-order valence-corrected chi connectivity index (χ1v) is 14.3. The number of amides is 2. The van der Waals surface area contributed by atoms with Crippen molar-refractivity contribution < 1.29 is 28.5 Å². The van der Waals surface area contributed by atoms with Crippen molar-refractivity contribution in [2.75, 3.05) is 19.8 Å². The van der Waals surface area contributed by atoms with E-state index in [9.17, 15) is 9.59 Å². The molecule has 0 radical (unpaired) electrons. The van der Waals surface area contributed by atoms with Gasteiger partial charge in [-0.2, -0.15) is 0 Å². The van der Waals surface area contributed by atoms with Crippen LogP contribution in [0.3, 0.4) is 0 Å². The molecule has 3 aliphatic heterocycles. The minimum atomic E-state index is -0.488. The van der Waals surface area contributed by atoms with Crippen molar-refractivity contribution in [2.24, 2.45) is 0 Å². The molecule has 210 valence electrons. The van der Waals surface area contributed by atoms with Crippen molar-refractivity contribution in [1.82, 2.24) is 5.32 Å². The third-order valence-corrected chi connectivity index (χ3v) is 8.31. The van der Waals surface area contributed by atoms with Crippen LogP contribution in [0, 0.1) is 20.8 Å². The van der Waals surface area contributed by atoms with E-state index in [1.807, 2.05) is 24.3 Å². The summed E-state index contributed by atoms with van der Waals surface area (Å²) in [6.07, 6.45) is 7.44. The van der Waals surface area contributed by atoms with E-state index in [0.717, 1.165) is 69.7 Å². The maximum Gasteiger partial charge on any atom is 0.290 e. The van der Waals surface area contributed by atoms with E-state index in [-0.39, 0.29) is 11.1 Å². The summed E-state index contributed by atoms with van der Waals surface area (Å²) in [6.45, 7) is 13.8. The molecule has 1 N–H and O–H groups in total. The SMILES string of the molecule is CC(C)=CCOc1c(C)c(C)c2c(c1C)CCC(C)(COc1ccc3c(c1)C=C(/C=C1\SC(=O)NC1=O)CO3)O2. The van der Waals surface area contributed by atoms with E-state index >= 15 is 0 Å². The monoisotopic (exact) mass is 561 g/mol. The number of hydrogen-bond acceptors (Lipinski definition) is 7. The van der Waals surface area contributed by atoms with Gasteiger partial charge in [0, 0.05) is 11.1 Å². The largest absolute Gasteiger partial charge is 0.489 e. The minimum Gasteiger partial charge on any atom is -0.489 e. The second-order valence-corrected chi connectivity index (χ2v) is 12.0. The number of carbonyl (C=O) groups excluding carboxylic acids is 2. The van der Waals surface area contributed by atoms with Gasteiger partial charge < -0.3 is 18.9 Å². The zero-order valence-electron chi connectivity index (χ0n) is 23.9. The van der Waals surface area contributed by atoms with Crippen LogP contribution in [0.15, 0.2) is 46.4 Å². The van der Waals surface area contributed by atoms with Crippen molar-refractivity contribution in [2.45, 2.75) is 60.0 Å². The quantitative estimate of drug-likeness (QED) is 0.295. The molecule has 0 aromatic heterocycles. The van der Waals surface area contributed by atoms with Gasteiger partial charge in [0.25, 0.3) is 11.1 Å². The Balaban J connectivity index is 1.30. The van der Waals surface area contributed by atoms with Crippen LogP contribution in [0.1, 0.15) is 55.0 Å². The Hall–Kier alpha value is -3.65. The average Bonchev–Trinajstić information content (AvgIpc) is 3.23. The number of nitrogens with one attached hydrogen (secondary N) is 1. The molecule has 1 atom stereocenters. The number of imide groups is 1. The normalized spacial score (nSPS) is 20.6. The predicted molar refractivity (Wildman–Crippen MR) is 158 cm³/mol. The van der Waals surface area contributed by atoms with Crippen LogP contribution in [0.2, 0.25) is 0 Å². The molecule has 3 aliphatic rings. The van der Waals surface area contributed by atoms with Gasteiger partial charge in [0.15, 0.2) is 0 Å². The zero-order chi connectivity index (χ0) is 28.6. The summed E-state index contributed by atoms with van der Waals surface area (Å²) in [7, 11) is 0. The Labute approximate surface area is 239 Å². The maximum absolute atomic E-state index is 11.9. The van der Waals surface area contributed by atoms with E-state index in [2.05, 4.69) is 52.9 Å². The summed E-state index contributed by atoms with van der Waals surface area (Å²) in [5.41, 5.74) is 6.97. The summed E-state index contributed by atoms with van der Waals surface area (Å²) in [4.78, 5) is 23.8. The first-order chi connectivity index (χ1) is 19.0. The third kappa shape index (κ3) is 5.77. The van der Waals surface area contributed by atoms with Crippen molar-refractivity contribution in [3.63, 3.8) is 0 Å². The van der Waals surface area contributed by atoms with Crippen molar-refractivity contribution in [1.29, 1.82) is 0 Å². The lowest BCUT2D eigenvalue weighted by atomic mass is 9.87. The van der Waals surface area contributed by atoms with Crippen LogP contribution in [-0.4, -0.2) is 36.6 Å². The van der Waals surface area contributed by atoms with Gasteiger partial charge in [-0.15, -0.1) is 0 Å². The van der Waals surface area contributed by atoms with Crippen LogP contribution in [-0.2, 0) is 11.2 Å². The van der Waals surface area contributed by atoms with E-state index in [1.165, 1.54) is 11.1 Å². The molecule has 0 aliphatic carbocycles. The Morgan fingerprint density at radius 1 is 1.12 bits per heavy atom. The predicted octanol–water partition coefficient (Wildman–Crippen LogP) is 6.76. The molecule has 3 heterocycles. The Morgan fingerprint density at radius 3 is 2.65 bits per heavy atom. The molecule has 5 rings (SSSR count). The maximum atomic E-state index is 11.9. The lowest BCUT2D eigenvalue weighted by molar-refractivity contribution is -0.115. The van der Waals surface area contributed by atoms with Crippen LogP contribution >= 0.6 is 11.8 Å². The number of hydrogen-bond donors (Lipinski definition) is 1. The summed E-state index contributed by atoms with van der Waals surface area (Å²) < 4.78 is 24.9. The first-order valence-electron chi connectivity index (χ1n) is 13.5. The minimum absolute atomic E-state index is 0.323. The number of benzene rings is 2. The van der Waals surface area contributed by atoms with Gasteiger partial charge in [0.05, 0.1) is 4.91 Å². The number of fused-ring (bicyclic) bond motifs is 2. The van der Waals surface area contributed by atoms with Crippen LogP contribution < -0.4 is 24.3 Å². The highest BCUT2D eigenvalue weighted by molar-refractivity contribution is 8.18. The lowest BCUT2D eigenvalue weighted by Gasteiger charge is -2.38. The molecule has 1 saturated heterocycles. The molecule has 2 aromatic carbocycles. The summed E-state index contributed by atoms with van der Waals surface area (Å²) in [5, 5.41) is 1.91. The average molecular weight is 562 g/mol. The highest BCUT2D eigenvalue weighted by Gasteiger charge is 2.36. The van der Waals surface area contributed by atoms with E-state index < -0.39 is 5.60 Å². The summed E-state index contributed by atoms with van der Waals surface area (Å²) >= 11 is 0.895. The third-order valence-electron chi connectivity index (χ3n) is 7.50. The van der Waals surface area contributed by atoms with Crippen molar-refractivity contribution >= 4 is 29.0 Å². The van der Waals surface area contributed by atoms with Gasteiger partial charge in [-0.05, 0) is 125 Å². The second-order valence-electron chi connectivity index (χ2n) is 11.0. The summed E-state index contributed by atoms with van der Waals surface area (Å²) in [5.74, 6) is 2.96. The van der Waals surface area contributed by atoms with Crippen LogP contribution in [0.25, 0.3) is 6.08 Å². The number of ether oxygens (including phenoxy) is 4. The van der Waals surface area contributed by atoms with Gasteiger partial charge in [-0.1, -0.05) is 5.57 Å². The van der Waals surface area contributed by atoms with Gasteiger partial charge in [0.1, 0.15) is 48.4 Å². The van der Waals surface area contributed by atoms with Crippen LogP contribution in [0.4, 0.5) is 4.79 Å². The Kier molecular flexibility index (Phi) is 7.73. The Morgan fingerprint density at radius 2 is 1.93 bits per heavy atom. The first kappa shape index (κ1) is 27.9. The van der Waals surface area contributed by atoms with Crippen molar-refractivity contribution in [3.05, 3.63) is 74.2 Å². The molecule has 0 saturated carbocycles. The smallest absolute Gasteiger partial charge is 0.290 e. The van der Waals surface area contributed by atoms with Crippen molar-refractivity contribution in [3.8, 4) is 23.0 Å². The highest BCUT2D eigenvalue weighted by atomic mass is 32.2. The van der Waals surface area contributed by atoms with Gasteiger partial charge in [0.2, 0.25) is 0 Å². The molecule has 1 unspecified atom stereocenters. The molecular formula is C32H35NO6S. The molecule has 7 nitrogen and oxygen atoms in total. The second kappa shape index (κ2) is 11.1. The van der Waals surface area contributed by atoms with E-state index in [4.69, 9.17) is 18.9 Å². The molecule has 1 fully saturated rings. The molecular weight excluding hydrogens is 526 g/mol. The van der Waals surface area contributed by atoms with Gasteiger partial charge in [-0.3, -0.25) is 14.9 Å².